The van der Waals surface area contributed by atoms with Gasteiger partial charge in [0.1, 0.15) is 0 Å². The van der Waals surface area contributed by atoms with Gasteiger partial charge in [0.25, 0.3) is 0 Å². The summed E-state index contributed by atoms with van der Waals surface area (Å²) in [7, 11) is 0. The molecule has 5 nitrogen and oxygen atoms in total. The van der Waals surface area contributed by atoms with Crippen LogP contribution in [0.25, 0.3) is 0 Å². The lowest BCUT2D eigenvalue weighted by molar-refractivity contribution is -0.119. The number of nitrogens with two attached hydrogens (primary N) is 1. The van der Waals surface area contributed by atoms with Gasteiger partial charge in [-0.1, -0.05) is 19.8 Å². The SMILES string of the molecule is CCCC1CCc2nc(NC(=O)C(N)C3CCOCC3)sc2C1. The van der Waals surface area contributed by atoms with Gasteiger partial charge in [0, 0.05) is 18.1 Å². The van der Waals surface area contributed by atoms with Crippen LogP contribution in [0.1, 0.15) is 49.6 Å². The zero-order valence-electron chi connectivity index (χ0n) is 13.8. The monoisotopic (exact) mass is 337 g/mol. The normalized spacial score (nSPS) is 23.3. The number of hydrogen-bond donors (Lipinski definition) is 2. The van der Waals surface area contributed by atoms with Crippen molar-refractivity contribution in [1.82, 2.24) is 4.98 Å². The van der Waals surface area contributed by atoms with Gasteiger partial charge >= 0.3 is 0 Å². The van der Waals surface area contributed by atoms with E-state index in [2.05, 4.69) is 17.2 Å². The summed E-state index contributed by atoms with van der Waals surface area (Å²) in [6.45, 7) is 3.65. The van der Waals surface area contributed by atoms with Crippen LogP contribution in [0.5, 0.6) is 0 Å². The molecule has 1 aromatic rings. The maximum Gasteiger partial charge on any atom is 0.243 e. The van der Waals surface area contributed by atoms with Crippen molar-refractivity contribution in [2.24, 2.45) is 17.6 Å². The summed E-state index contributed by atoms with van der Waals surface area (Å²) in [6, 6.07) is -0.465. The summed E-state index contributed by atoms with van der Waals surface area (Å²) in [5, 5.41) is 3.67. The lowest BCUT2D eigenvalue weighted by atomic mass is 9.88. The first-order chi connectivity index (χ1) is 11.2. The highest BCUT2D eigenvalue weighted by molar-refractivity contribution is 7.15. The molecule has 2 heterocycles. The number of carbonyl (C=O) groups excluding carboxylic acids is 1. The van der Waals surface area contributed by atoms with Crippen LogP contribution in [0.3, 0.4) is 0 Å². The van der Waals surface area contributed by atoms with Gasteiger partial charge in [-0.05, 0) is 43.9 Å². The fourth-order valence-corrected chi connectivity index (χ4v) is 4.75. The van der Waals surface area contributed by atoms with Crippen molar-refractivity contribution in [3.8, 4) is 0 Å². The van der Waals surface area contributed by atoms with E-state index < -0.39 is 6.04 Å². The number of nitrogens with zero attached hydrogens (tertiary/aromatic N) is 1. The van der Waals surface area contributed by atoms with Crippen LogP contribution >= 0.6 is 11.3 Å². The van der Waals surface area contributed by atoms with Gasteiger partial charge < -0.3 is 15.8 Å². The third kappa shape index (κ3) is 4.11. The molecule has 2 unspecified atom stereocenters. The predicted molar refractivity (Wildman–Crippen MR) is 92.7 cm³/mol. The van der Waals surface area contributed by atoms with E-state index in [1.165, 1.54) is 29.8 Å². The average molecular weight is 337 g/mol. The number of amides is 1. The number of fused-ring (bicyclic) bond motifs is 1. The van der Waals surface area contributed by atoms with Crippen LogP contribution < -0.4 is 11.1 Å². The van der Waals surface area contributed by atoms with E-state index in [1.807, 2.05) is 0 Å². The quantitative estimate of drug-likeness (QED) is 0.866. The minimum Gasteiger partial charge on any atom is -0.381 e. The molecule has 2 aliphatic rings. The Morgan fingerprint density at radius 1 is 1.43 bits per heavy atom. The molecule has 1 aromatic heterocycles. The number of aromatic nitrogens is 1. The Morgan fingerprint density at radius 2 is 2.22 bits per heavy atom. The van der Waals surface area contributed by atoms with Crippen LogP contribution in [-0.4, -0.2) is 30.1 Å². The first-order valence-electron chi connectivity index (χ1n) is 8.80. The lowest BCUT2D eigenvalue weighted by Gasteiger charge is -2.26. The maximum absolute atomic E-state index is 12.4. The van der Waals surface area contributed by atoms with E-state index >= 15 is 0 Å². The van der Waals surface area contributed by atoms with Crippen molar-refractivity contribution in [3.05, 3.63) is 10.6 Å². The molecule has 128 valence electrons. The third-order valence-electron chi connectivity index (χ3n) is 5.05. The summed E-state index contributed by atoms with van der Waals surface area (Å²) in [4.78, 5) is 18.4. The molecule has 6 heteroatoms. The molecule has 2 atom stereocenters. The highest BCUT2D eigenvalue weighted by Gasteiger charge is 2.28. The molecule has 1 aliphatic carbocycles. The number of thiazole rings is 1. The molecule has 3 rings (SSSR count). The first-order valence-corrected chi connectivity index (χ1v) is 9.61. The Bertz CT molecular complexity index is 540. The topological polar surface area (TPSA) is 77.2 Å². The van der Waals surface area contributed by atoms with Gasteiger partial charge in [0.05, 0.1) is 11.7 Å². The van der Waals surface area contributed by atoms with E-state index in [0.29, 0.717) is 13.2 Å². The molecule has 0 spiro atoms. The number of nitrogens with one attached hydrogen (secondary N) is 1. The molecule has 0 aromatic carbocycles. The van der Waals surface area contributed by atoms with Crippen molar-refractivity contribution >= 4 is 22.4 Å². The molecule has 0 radical (unpaired) electrons. The molecule has 1 aliphatic heterocycles. The number of anilines is 1. The summed E-state index contributed by atoms with van der Waals surface area (Å²) in [5.74, 6) is 0.890. The molecular formula is C17H27N3O2S. The third-order valence-corrected chi connectivity index (χ3v) is 6.08. The number of aryl methyl sites for hydroxylation is 1. The summed E-state index contributed by atoms with van der Waals surface area (Å²) in [5.41, 5.74) is 7.31. The molecule has 1 fully saturated rings. The molecule has 0 saturated carbocycles. The zero-order chi connectivity index (χ0) is 16.2. The minimum atomic E-state index is -0.465. The Balaban J connectivity index is 1.59. The number of hydrogen-bond acceptors (Lipinski definition) is 5. The van der Waals surface area contributed by atoms with Crippen LogP contribution in [-0.2, 0) is 22.4 Å². The fraction of sp³-hybridized carbons (Fsp3) is 0.765. The number of carbonyl (C=O) groups is 1. The highest BCUT2D eigenvalue weighted by atomic mass is 32.1. The maximum atomic E-state index is 12.4. The molecular weight excluding hydrogens is 310 g/mol. The van der Waals surface area contributed by atoms with E-state index in [-0.39, 0.29) is 11.8 Å². The Hall–Kier alpha value is -0.980. The lowest BCUT2D eigenvalue weighted by Crippen LogP contribution is -2.43. The standard InChI is InChI=1S/C17H27N3O2S/c1-2-3-11-4-5-13-14(10-11)23-17(19-13)20-16(21)15(18)12-6-8-22-9-7-12/h11-12,15H,2-10,18H2,1H3,(H,19,20,21). The van der Waals surface area contributed by atoms with Crippen LogP contribution in [0, 0.1) is 11.8 Å². The zero-order valence-corrected chi connectivity index (χ0v) is 14.7. The summed E-state index contributed by atoms with van der Waals surface area (Å²) < 4.78 is 5.34. The number of rotatable bonds is 5. The van der Waals surface area contributed by atoms with Crippen molar-refractivity contribution < 1.29 is 9.53 Å². The average Bonchev–Trinajstić information content (AvgIpc) is 2.96. The first kappa shape index (κ1) is 16.9. The minimum absolute atomic E-state index is 0.104. The van der Waals surface area contributed by atoms with Crippen molar-refractivity contribution in [2.75, 3.05) is 18.5 Å². The molecule has 3 N–H and O–H groups in total. The van der Waals surface area contributed by atoms with E-state index in [1.54, 1.807) is 11.3 Å². The van der Waals surface area contributed by atoms with Gasteiger partial charge in [-0.15, -0.1) is 11.3 Å². The van der Waals surface area contributed by atoms with Gasteiger partial charge in [-0.2, -0.15) is 0 Å². The van der Waals surface area contributed by atoms with Crippen LogP contribution in [0.4, 0.5) is 5.13 Å². The molecule has 1 saturated heterocycles. The fourth-order valence-electron chi connectivity index (χ4n) is 3.63. The molecule has 0 bridgehead atoms. The second kappa shape index (κ2) is 7.73. The van der Waals surface area contributed by atoms with Crippen molar-refractivity contribution in [2.45, 2.75) is 57.9 Å². The van der Waals surface area contributed by atoms with Gasteiger partial charge in [-0.25, -0.2) is 4.98 Å². The van der Waals surface area contributed by atoms with Gasteiger partial charge in [0.15, 0.2) is 5.13 Å². The van der Waals surface area contributed by atoms with Crippen LogP contribution in [0.15, 0.2) is 0 Å². The largest absolute Gasteiger partial charge is 0.381 e. The second-order valence-corrected chi connectivity index (χ2v) is 7.83. The van der Waals surface area contributed by atoms with Crippen molar-refractivity contribution in [1.29, 1.82) is 0 Å². The predicted octanol–water partition coefficient (Wildman–Crippen LogP) is 2.74. The Kier molecular flexibility index (Phi) is 5.67. The smallest absolute Gasteiger partial charge is 0.243 e. The van der Waals surface area contributed by atoms with E-state index in [4.69, 9.17) is 10.5 Å². The highest BCUT2D eigenvalue weighted by Crippen LogP contribution is 2.34. The Morgan fingerprint density at radius 3 is 2.96 bits per heavy atom. The van der Waals surface area contributed by atoms with E-state index in [0.717, 1.165) is 36.7 Å². The molecule has 1 amide bonds. The number of ether oxygens (including phenoxy) is 1. The second-order valence-electron chi connectivity index (χ2n) is 6.75. The van der Waals surface area contributed by atoms with Gasteiger partial charge in [-0.3, -0.25) is 4.79 Å². The van der Waals surface area contributed by atoms with Gasteiger partial charge in [0.2, 0.25) is 5.91 Å². The summed E-state index contributed by atoms with van der Waals surface area (Å²) in [6.07, 6.45) is 7.62. The van der Waals surface area contributed by atoms with Crippen molar-refractivity contribution in [3.63, 3.8) is 0 Å². The summed E-state index contributed by atoms with van der Waals surface area (Å²) >= 11 is 1.63. The van der Waals surface area contributed by atoms with Crippen LogP contribution in [0.2, 0.25) is 0 Å². The molecule has 23 heavy (non-hydrogen) atoms. The Labute approximate surface area is 142 Å². The van der Waals surface area contributed by atoms with E-state index in [9.17, 15) is 4.79 Å².